The van der Waals surface area contributed by atoms with E-state index in [-0.39, 0.29) is 0 Å². The van der Waals surface area contributed by atoms with Crippen LogP contribution < -0.4 is 0 Å². The van der Waals surface area contributed by atoms with Gasteiger partial charge >= 0.3 is 8.25 Å². The molecule has 0 bridgehead atoms. The van der Waals surface area contributed by atoms with Gasteiger partial charge in [0.25, 0.3) is 0 Å². The highest BCUT2D eigenvalue weighted by molar-refractivity contribution is 7.30. The third-order valence-corrected chi connectivity index (χ3v) is 1.51. The summed E-state index contributed by atoms with van der Waals surface area (Å²) < 4.78 is 8.70. The molecule has 2 rings (SSSR count). The molecule has 0 aliphatic rings. The van der Waals surface area contributed by atoms with E-state index >= 15 is 0 Å². The van der Waals surface area contributed by atoms with Gasteiger partial charge in [-0.15, -0.1) is 9.79 Å². The number of aromatic nitrogens is 1. The van der Waals surface area contributed by atoms with Gasteiger partial charge in [0, 0.05) is 16.1 Å². The van der Waals surface area contributed by atoms with Crippen molar-refractivity contribution in [2.24, 2.45) is 0 Å². The van der Waals surface area contributed by atoms with Crippen LogP contribution in [0.4, 0.5) is 0 Å². The van der Waals surface area contributed by atoms with Crippen molar-refractivity contribution in [2.45, 2.75) is 0 Å². The molecule has 0 fully saturated rings. The fourth-order valence-electron chi connectivity index (χ4n) is 1.02. The fraction of sp³-hybridized carbons (Fsp3) is 0. The van der Waals surface area contributed by atoms with Crippen molar-refractivity contribution >= 4 is 19.2 Å². The number of pyridine rings is 1. The second-order valence-corrected chi connectivity index (χ2v) is 2.95. The molecule has 0 atom stereocenters. The molecular formula is C9H9NO3P+. The number of nitrogens with zero attached hydrogens (tertiary/aromatic N) is 1. The Bertz CT molecular complexity index is 364. The van der Waals surface area contributed by atoms with Gasteiger partial charge in [-0.25, -0.2) is 0 Å². The molecule has 5 heteroatoms. The molecule has 0 unspecified atom stereocenters. The summed E-state index contributed by atoms with van der Waals surface area (Å²) in [4.78, 5) is 18.4. The molecule has 0 saturated carbocycles. The van der Waals surface area contributed by atoms with E-state index in [0.717, 1.165) is 5.52 Å². The molecule has 0 aliphatic heterocycles. The molecule has 0 radical (unpaired) electrons. The Morgan fingerprint density at radius 1 is 1.07 bits per heavy atom. The molecule has 4 nitrogen and oxygen atoms in total. The van der Waals surface area contributed by atoms with Crippen LogP contribution in [0.3, 0.4) is 0 Å². The summed E-state index contributed by atoms with van der Waals surface area (Å²) in [7, 11) is -2.87. The number of rotatable bonds is 0. The highest BCUT2D eigenvalue weighted by Gasteiger charge is 1.93. The number of benzene rings is 1. The number of hydrogen-bond donors (Lipinski definition) is 2. The summed E-state index contributed by atoms with van der Waals surface area (Å²) in [5.41, 5.74) is 1.06. The van der Waals surface area contributed by atoms with Crippen molar-refractivity contribution in [1.29, 1.82) is 0 Å². The minimum absolute atomic E-state index is 1.06. The van der Waals surface area contributed by atoms with E-state index in [9.17, 15) is 0 Å². The number of hydrogen-bond acceptors (Lipinski definition) is 2. The molecule has 0 aliphatic carbocycles. The second-order valence-electron chi connectivity index (χ2n) is 2.45. The fourth-order valence-corrected chi connectivity index (χ4v) is 1.02. The van der Waals surface area contributed by atoms with Crippen LogP contribution in [0, 0.1) is 0 Å². The Labute approximate surface area is 81.8 Å². The Morgan fingerprint density at radius 3 is 2.29 bits per heavy atom. The molecular weight excluding hydrogens is 201 g/mol. The smallest absolute Gasteiger partial charge is 0.256 e. The van der Waals surface area contributed by atoms with Gasteiger partial charge in [-0.2, -0.15) is 0 Å². The van der Waals surface area contributed by atoms with Crippen LogP contribution in [0.1, 0.15) is 0 Å². The van der Waals surface area contributed by atoms with Gasteiger partial charge in [-0.05, 0) is 12.1 Å². The van der Waals surface area contributed by atoms with Crippen LogP contribution in [0.5, 0.6) is 0 Å². The van der Waals surface area contributed by atoms with Gasteiger partial charge in [0.15, 0.2) is 0 Å². The lowest BCUT2D eigenvalue weighted by molar-refractivity contribution is 0.405. The summed E-state index contributed by atoms with van der Waals surface area (Å²) in [5.74, 6) is 0. The highest BCUT2D eigenvalue weighted by atomic mass is 31.1. The van der Waals surface area contributed by atoms with Gasteiger partial charge < -0.3 is 0 Å². The first-order valence-corrected chi connectivity index (χ1v) is 5.01. The van der Waals surface area contributed by atoms with Crippen molar-refractivity contribution < 1.29 is 14.4 Å². The summed E-state index contributed by atoms with van der Waals surface area (Å²) in [6, 6.07) is 12.1. The lowest BCUT2D eigenvalue weighted by Gasteiger charge is -1.91. The molecule has 1 aromatic carbocycles. The van der Waals surface area contributed by atoms with Crippen molar-refractivity contribution in [3.63, 3.8) is 0 Å². The van der Waals surface area contributed by atoms with Crippen molar-refractivity contribution in [3.05, 3.63) is 42.6 Å². The molecule has 0 amide bonds. The van der Waals surface area contributed by atoms with Crippen molar-refractivity contribution in [1.82, 2.24) is 4.98 Å². The Hall–Kier alpha value is -1.35. The maximum absolute atomic E-state index is 8.70. The van der Waals surface area contributed by atoms with E-state index in [1.54, 1.807) is 0 Å². The SMILES string of the molecule is O=[P+](O)O.c1ccc2ncccc2c1. The summed E-state index contributed by atoms with van der Waals surface area (Å²) in [6.45, 7) is 0. The Balaban J connectivity index is 0.000000213. The maximum atomic E-state index is 8.70. The maximum Gasteiger partial charge on any atom is 0.692 e. The normalized spacial score (nSPS) is 9.00. The molecule has 72 valence electrons. The van der Waals surface area contributed by atoms with Crippen LogP contribution in [0.15, 0.2) is 42.6 Å². The Kier molecular flexibility index (Phi) is 4.13. The minimum atomic E-state index is -2.87. The van der Waals surface area contributed by atoms with Gasteiger partial charge in [0.2, 0.25) is 0 Å². The van der Waals surface area contributed by atoms with Gasteiger partial charge in [-0.3, -0.25) is 4.98 Å². The van der Waals surface area contributed by atoms with Crippen LogP contribution >= 0.6 is 8.25 Å². The van der Waals surface area contributed by atoms with Crippen LogP contribution in [-0.2, 0) is 4.57 Å². The predicted molar refractivity (Wildman–Crippen MR) is 53.8 cm³/mol. The lowest BCUT2D eigenvalue weighted by atomic mass is 10.2. The van der Waals surface area contributed by atoms with E-state index in [1.165, 1.54) is 5.39 Å². The first-order valence-electron chi connectivity index (χ1n) is 3.85. The van der Waals surface area contributed by atoms with Crippen molar-refractivity contribution in [3.8, 4) is 0 Å². The van der Waals surface area contributed by atoms with E-state index in [0.29, 0.717) is 0 Å². The Morgan fingerprint density at radius 2 is 1.64 bits per heavy atom. The zero-order chi connectivity index (χ0) is 10.4. The topological polar surface area (TPSA) is 70.4 Å². The highest BCUT2D eigenvalue weighted by Crippen LogP contribution is 2.07. The van der Waals surface area contributed by atoms with E-state index in [4.69, 9.17) is 14.4 Å². The van der Waals surface area contributed by atoms with Crippen LogP contribution in [0.2, 0.25) is 0 Å². The zero-order valence-electron chi connectivity index (χ0n) is 7.24. The largest absolute Gasteiger partial charge is 0.692 e. The van der Waals surface area contributed by atoms with Gasteiger partial charge in [0.05, 0.1) is 5.52 Å². The summed E-state index contributed by atoms with van der Waals surface area (Å²) >= 11 is 0. The average Bonchev–Trinajstić information content (AvgIpc) is 2.17. The number of fused-ring (bicyclic) bond motifs is 1. The lowest BCUT2D eigenvalue weighted by Crippen LogP contribution is -1.73. The van der Waals surface area contributed by atoms with Gasteiger partial charge in [-0.1, -0.05) is 24.3 Å². The van der Waals surface area contributed by atoms with Gasteiger partial charge in [0.1, 0.15) is 0 Å². The first-order chi connectivity index (χ1) is 6.70. The molecule has 0 spiro atoms. The monoisotopic (exact) mass is 210 g/mol. The van der Waals surface area contributed by atoms with E-state index in [2.05, 4.69) is 17.1 Å². The van der Waals surface area contributed by atoms with E-state index in [1.807, 2.05) is 30.5 Å². The first kappa shape index (κ1) is 10.7. The van der Waals surface area contributed by atoms with Crippen LogP contribution in [0.25, 0.3) is 10.9 Å². The third-order valence-electron chi connectivity index (χ3n) is 1.51. The average molecular weight is 210 g/mol. The van der Waals surface area contributed by atoms with E-state index < -0.39 is 8.25 Å². The molecule has 14 heavy (non-hydrogen) atoms. The summed E-state index contributed by atoms with van der Waals surface area (Å²) in [6.07, 6.45) is 1.81. The molecule has 1 aromatic heterocycles. The van der Waals surface area contributed by atoms with Crippen molar-refractivity contribution in [2.75, 3.05) is 0 Å². The zero-order valence-corrected chi connectivity index (χ0v) is 8.13. The molecule has 1 heterocycles. The second kappa shape index (κ2) is 5.40. The quantitative estimate of drug-likeness (QED) is 0.651. The number of para-hydroxylation sites is 1. The van der Waals surface area contributed by atoms with Crippen LogP contribution in [-0.4, -0.2) is 14.8 Å². The molecule has 2 aromatic rings. The summed E-state index contributed by atoms with van der Waals surface area (Å²) in [5, 5.41) is 1.20. The minimum Gasteiger partial charge on any atom is -0.256 e. The molecule has 2 N–H and O–H groups in total. The molecule has 0 saturated heterocycles. The predicted octanol–water partition coefficient (Wildman–Crippen LogP) is 1.86. The standard InChI is InChI=1S/C9H7N.HO3P/c1-2-6-9-8(4-1)5-3-7-10-9;1-4(2)3/h1-7H;(H-,1,2,3)/p+1. The third kappa shape index (κ3) is 3.58.